The fraction of sp³-hybridized carbons (Fsp3) is 0.395. The summed E-state index contributed by atoms with van der Waals surface area (Å²) in [7, 11) is 0. The number of carbonyl (C=O) groups excluding carboxylic acids is 1. The number of phenolic OH excluding ortho intramolecular Hbond substituents is 4. The van der Waals surface area contributed by atoms with Crippen molar-refractivity contribution >= 4 is 12.0 Å². The SMILES string of the molecule is O=C(C=Cc1ccc(O)cc1)O[C@@H]1[C@@H](O[C@@H](CC#Cc2ccc(O[C@@H]3O[C@H](CO)[C@@H](O)[C@H](O)[C@H]3O)c(O)c2)[C@H](O)c2ccc(O)c(O)c2)O[C@@H](CO)[C@H](O)[C@H]1O. The van der Waals surface area contributed by atoms with Crippen LogP contribution in [0.5, 0.6) is 28.7 Å². The Morgan fingerprint density at radius 1 is 0.750 bits per heavy atom. The van der Waals surface area contributed by atoms with Crippen molar-refractivity contribution in [1.82, 2.24) is 0 Å². The number of rotatable bonds is 12. The molecule has 18 nitrogen and oxygen atoms in total. The van der Waals surface area contributed by atoms with Crippen molar-refractivity contribution in [3.05, 3.63) is 83.4 Å². The van der Waals surface area contributed by atoms with Gasteiger partial charge in [-0.25, -0.2) is 4.79 Å². The third-order valence-electron chi connectivity index (χ3n) is 8.97. The summed E-state index contributed by atoms with van der Waals surface area (Å²) in [5, 5.41) is 123. The van der Waals surface area contributed by atoms with Crippen molar-refractivity contribution in [2.75, 3.05) is 13.2 Å². The number of esters is 1. The van der Waals surface area contributed by atoms with Gasteiger partial charge in [0.25, 0.3) is 0 Å². The minimum atomic E-state index is -1.86. The molecule has 2 aliphatic heterocycles. The Hall–Kier alpha value is -5.01. The maximum Gasteiger partial charge on any atom is 0.331 e. The fourth-order valence-corrected chi connectivity index (χ4v) is 5.80. The summed E-state index contributed by atoms with van der Waals surface area (Å²) in [5.74, 6) is 2.75. The van der Waals surface area contributed by atoms with Gasteiger partial charge in [-0.3, -0.25) is 0 Å². The minimum absolute atomic E-state index is 0.000602. The van der Waals surface area contributed by atoms with E-state index in [-0.39, 0.29) is 29.0 Å². The van der Waals surface area contributed by atoms with E-state index in [1.807, 2.05) is 0 Å². The van der Waals surface area contributed by atoms with Crippen LogP contribution in [0.25, 0.3) is 6.08 Å². The van der Waals surface area contributed by atoms with Crippen LogP contribution < -0.4 is 4.74 Å². The van der Waals surface area contributed by atoms with Crippen LogP contribution in [-0.2, 0) is 23.7 Å². The molecule has 0 bridgehead atoms. The van der Waals surface area contributed by atoms with Gasteiger partial charge in [0.05, 0.1) is 13.2 Å². The average molecular weight is 787 g/mol. The van der Waals surface area contributed by atoms with E-state index in [2.05, 4.69) is 11.8 Å². The summed E-state index contributed by atoms with van der Waals surface area (Å²) in [6, 6.07) is 13.1. The van der Waals surface area contributed by atoms with Crippen molar-refractivity contribution in [2.45, 2.75) is 80.0 Å². The third-order valence-corrected chi connectivity index (χ3v) is 8.97. The lowest BCUT2D eigenvalue weighted by Crippen LogP contribution is -2.61. The van der Waals surface area contributed by atoms with E-state index < -0.39 is 110 Å². The van der Waals surface area contributed by atoms with Crippen LogP contribution in [0.2, 0.25) is 0 Å². The van der Waals surface area contributed by atoms with Crippen molar-refractivity contribution in [1.29, 1.82) is 0 Å². The first-order valence-corrected chi connectivity index (χ1v) is 17.1. The van der Waals surface area contributed by atoms with Gasteiger partial charge in [0.15, 0.2) is 35.4 Å². The Bertz CT molecular complexity index is 1870. The molecule has 2 saturated heterocycles. The number of carbonyl (C=O) groups is 1. The number of aliphatic hydroxyl groups is 8. The van der Waals surface area contributed by atoms with Gasteiger partial charge < -0.3 is 85.0 Å². The lowest BCUT2D eigenvalue weighted by atomic mass is 9.98. The van der Waals surface area contributed by atoms with E-state index in [0.29, 0.717) is 5.56 Å². The van der Waals surface area contributed by atoms with E-state index in [4.69, 9.17) is 23.7 Å². The molecule has 12 N–H and O–H groups in total. The van der Waals surface area contributed by atoms with E-state index in [1.165, 1.54) is 54.6 Å². The molecule has 3 aromatic rings. The molecule has 0 radical (unpaired) electrons. The fourth-order valence-electron chi connectivity index (χ4n) is 5.80. The van der Waals surface area contributed by atoms with E-state index >= 15 is 0 Å². The standard InChI is InChI=1S/C38H42O18/c39-16-27-31(47)33(49)35(51)37(54-27)52-25-12-6-19(14-24(25)44)2-1-3-26(30(46)20-8-11-22(42)23(43)15-20)53-38-36(34(50)32(48)28(17-40)55-38)56-29(45)13-7-18-4-9-21(41)10-5-18/h4-15,26-28,30-44,46-51H,3,16-17H2/t26-,27+,28-,30+,31+,32-,33-,34+,35+,36-,37+,38-/m0/s1. The first-order chi connectivity index (χ1) is 26.7. The zero-order valence-corrected chi connectivity index (χ0v) is 29.3. The third kappa shape index (κ3) is 10.0. The van der Waals surface area contributed by atoms with Crippen molar-refractivity contribution in [3.63, 3.8) is 0 Å². The second-order valence-corrected chi connectivity index (χ2v) is 12.9. The number of hydrogen-bond donors (Lipinski definition) is 12. The lowest BCUT2D eigenvalue weighted by Gasteiger charge is -2.42. The maximum absolute atomic E-state index is 12.9. The van der Waals surface area contributed by atoms with Crippen LogP contribution in [0.15, 0.2) is 66.7 Å². The smallest absolute Gasteiger partial charge is 0.331 e. The molecule has 2 aliphatic rings. The van der Waals surface area contributed by atoms with Crippen molar-refractivity contribution < 1.29 is 89.8 Å². The molecule has 18 heteroatoms. The molecule has 0 unspecified atom stereocenters. The first kappa shape index (κ1) is 42.1. The molecular weight excluding hydrogens is 744 g/mol. The Balaban J connectivity index is 1.37. The van der Waals surface area contributed by atoms with Crippen LogP contribution in [-0.4, -0.2) is 148 Å². The van der Waals surface area contributed by atoms with Crippen molar-refractivity contribution in [2.24, 2.45) is 0 Å². The summed E-state index contributed by atoms with van der Waals surface area (Å²) in [5.41, 5.74) is 0.732. The highest BCUT2D eigenvalue weighted by Gasteiger charge is 2.48. The number of phenols is 4. The van der Waals surface area contributed by atoms with Gasteiger partial charge in [0.2, 0.25) is 6.29 Å². The first-order valence-electron chi connectivity index (χ1n) is 17.1. The minimum Gasteiger partial charge on any atom is -0.508 e. The molecule has 0 aliphatic carbocycles. The number of hydrogen-bond acceptors (Lipinski definition) is 18. The van der Waals surface area contributed by atoms with E-state index in [0.717, 1.165) is 18.2 Å². The molecule has 3 aromatic carbocycles. The Kier molecular flexibility index (Phi) is 14.1. The zero-order valence-electron chi connectivity index (χ0n) is 29.3. The van der Waals surface area contributed by atoms with Crippen LogP contribution in [0.1, 0.15) is 29.2 Å². The molecule has 0 saturated carbocycles. The molecule has 0 aromatic heterocycles. The number of aliphatic hydroxyl groups excluding tert-OH is 8. The van der Waals surface area contributed by atoms with E-state index in [1.54, 1.807) is 0 Å². The molecule has 2 fully saturated rings. The Labute approximate surface area is 318 Å². The van der Waals surface area contributed by atoms with Gasteiger partial charge in [-0.2, -0.15) is 0 Å². The van der Waals surface area contributed by atoms with Gasteiger partial charge in [0.1, 0.15) is 60.7 Å². The predicted molar refractivity (Wildman–Crippen MR) is 188 cm³/mol. The molecule has 5 rings (SSSR count). The highest BCUT2D eigenvalue weighted by atomic mass is 16.7. The zero-order chi connectivity index (χ0) is 40.7. The maximum atomic E-state index is 12.9. The molecule has 0 amide bonds. The normalized spacial score (nSPS) is 28.9. The second-order valence-electron chi connectivity index (χ2n) is 12.9. The summed E-state index contributed by atoms with van der Waals surface area (Å²) in [4.78, 5) is 12.9. The highest BCUT2D eigenvalue weighted by Crippen LogP contribution is 2.34. The average Bonchev–Trinajstić information content (AvgIpc) is 3.18. The Morgan fingerprint density at radius 3 is 2.05 bits per heavy atom. The monoisotopic (exact) mass is 786 g/mol. The number of ether oxygens (including phenoxy) is 5. The van der Waals surface area contributed by atoms with Crippen LogP contribution in [0.3, 0.4) is 0 Å². The van der Waals surface area contributed by atoms with Gasteiger partial charge >= 0.3 is 5.97 Å². The highest BCUT2D eigenvalue weighted by molar-refractivity contribution is 5.87. The van der Waals surface area contributed by atoms with Crippen LogP contribution in [0.4, 0.5) is 0 Å². The van der Waals surface area contributed by atoms with Gasteiger partial charge in [0, 0.05) is 18.1 Å². The van der Waals surface area contributed by atoms with Crippen molar-refractivity contribution in [3.8, 4) is 40.6 Å². The number of benzene rings is 3. The Morgan fingerprint density at radius 2 is 1.41 bits per heavy atom. The number of aromatic hydroxyl groups is 4. The van der Waals surface area contributed by atoms with Gasteiger partial charge in [-0.1, -0.05) is 30.0 Å². The summed E-state index contributed by atoms with van der Waals surface area (Å²) in [6.07, 6.45) is -17.4. The van der Waals surface area contributed by atoms with Crippen LogP contribution >= 0.6 is 0 Å². The molecule has 2 heterocycles. The molecular formula is C38H42O18. The van der Waals surface area contributed by atoms with Gasteiger partial charge in [-0.05, 0) is 59.7 Å². The van der Waals surface area contributed by atoms with Crippen LogP contribution in [0, 0.1) is 11.8 Å². The second kappa shape index (κ2) is 18.8. The van der Waals surface area contributed by atoms with Gasteiger partial charge in [-0.15, -0.1) is 0 Å². The lowest BCUT2D eigenvalue weighted by molar-refractivity contribution is -0.318. The molecule has 56 heavy (non-hydrogen) atoms. The van der Waals surface area contributed by atoms with E-state index in [9.17, 15) is 66.1 Å². The largest absolute Gasteiger partial charge is 0.508 e. The quantitative estimate of drug-likeness (QED) is 0.0435. The topological polar surface area (TPSA) is 306 Å². The predicted octanol–water partition coefficient (Wildman–Crippen LogP) is -1.39. The summed E-state index contributed by atoms with van der Waals surface area (Å²) < 4.78 is 27.9. The molecule has 12 atom stereocenters. The summed E-state index contributed by atoms with van der Waals surface area (Å²) in [6.45, 7) is -1.49. The molecule has 0 spiro atoms. The summed E-state index contributed by atoms with van der Waals surface area (Å²) >= 11 is 0. The molecule has 302 valence electrons.